The standard InChI is InChI=1S/C6H9N3O/c10-5-3-9(4-5)6-7-1-2-8-6/h1-2,5,10H,3-4H2,(H,7,8). The number of aliphatic hydroxyl groups is 1. The Labute approximate surface area is 58.5 Å². The van der Waals surface area contributed by atoms with Gasteiger partial charge in [0.05, 0.1) is 6.10 Å². The molecule has 1 aliphatic heterocycles. The normalized spacial score (nSPS) is 19.1. The maximum atomic E-state index is 8.93. The summed E-state index contributed by atoms with van der Waals surface area (Å²) in [5, 5.41) is 8.93. The van der Waals surface area contributed by atoms with Gasteiger partial charge in [0.25, 0.3) is 0 Å². The average Bonchev–Trinajstić information content (AvgIpc) is 2.31. The largest absolute Gasteiger partial charge is 0.389 e. The fourth-order valence-electron chi connectivity index (χ4n) is 1.06. The minimum absolute atomic E-state index is 0.162. The fraction of sp³-hybridized carbons (Fsp3) is 0.500. The van der Waals surface area contributed by atoms with E-state index in [9.17, 15) is 0 Å². The molecule has 0 amide bonds. The van der Waals surface area contributed by atoms with Crippen LogP contribution in [0.2, 0.25) is 0 Å². The number of β-amino-alcohol motifs (C(OH)–C–C–N with tert-alkyl or cyclic N) is 1. The van der Waals surface area contributed by atoms with Crippen LogP contribution in [0.3, 0.4) is 0 Å². The molecule has 1 aliphatic rings. The zero-order valence-electron chi connectivity index (χ0n) is 5.49. The lowest BCUT2D eigenvalue weighted by Gasteiger charge is -2.35. The molecule has 4 nitrogen and oxygen atoms in total. The van der Waals surface area contributed by atoms with Crippen molar-refractivity contribution in [3.63, 3.8) is 0 Å². The molecule has 0 unspecified atom stereocenters. The first-order valence-electron chi connectivity index (χ1n) is 3.28. The molecule has 2 N–H and O–H groups in total. The van der Waals surface area contributed by atoms with E-state index in [2.05, 4.69) is 9.97 Å². The highest BCUT2D eigenvalue weighted by Gasteiger charge is 2.25. The van der Waals surface area contributed by atoms with Gasteiger partial charge in [-0.3, -0.25) is 0 Å². The highest BCUT2D eigenvalue weighted by atomic mass is 16.3. The number of aromatic nitrogens is 2. The maximum Gasteiger partial charge on any atom is 0.202 e. The second-order valence-corrected chi connectivity index (χ2v) is 2.47. The molecule has 1 aromatic rings. The van der Waals surface area contributed by atoms with Crippen molar-refractivity contribution in [2.24, 2.45) is 0 Å². The summed E-state index contributed by atoms with van der Waals surface area (Å²) in [6.07, 6.45) is 3.32. The molecule has 0 atom stereocenters. The number of imidazole rings is 1. The summed E-state index contributed by atoms with van der Waals surface area (Å²) in [7, 11) is 0. The second kappa shape index (κ2) is 1.98. The minimum atomic E-state index is -0.162. The SMILES string of the molecule is OC1CN(c2ncc[nH]2)C1. The molecule has 54 valence electrons. The topological polar surface area (TPSA) is 52.1 Å². The predicted molar refractivity (Wildman–Crippen MR) is 36.8 cm³/mol. The molecule has 1 saturated heterocycles. The van der Waals surface area contributed by atoms with Crippen LogP contribution < -0.4 is 4.90 Å². The van der Waals surface area contributed by atoms with Gasteiger partial charge in [-0.15, -0.1) is 0 Å². The van der Waals surface area contributed by atoms with Crippen LogP contribution in [-0.2, 0) is 0 Å². The summed E-state index contributed by atoms with van der Waals surface area (Å²) in [6.45, 7) is 1.40. The van der Waals surface area contributed by atoms with Gasteiger partial charge in [0, 0.05) is 25.5 Å². The maximum absolute atomic E-state index is 8.93. The highest BCUT2D eigenvalue weighted by Crippen LogP contribution is 2.14. The number of hydrogen-bond donors (Lipinski definition) is 2. The van der Waals surface area contributed by atoms with Gasteiger partial charge < -0.3 is 15.0 Å². The molecule has 2 rings (SSSR count). The summed E-state index contributed by atoms with van der Waals surface area (Å²) in [6, 6.07) is 0. The van der Waals surface area contributed by atoms with Crippen LogP contribution in [0.5, 0.6) is 0 Å². The number of H-pyrrole nitrogens is 1. The fourth-order valence-corrected chi connectivity index (χ4v) is 1.06. The van der Waals surface area contributed by atoms with Gasteiger partial charge in [0.1, 0.15) is 0 Å². The van der Waals surface area contributed by atoms with Crippen LogP contribution >= 0.6 is 0 Å². The summed E-state index contributed by atoms with van der Waals surface area (Å²) >= 11 is 0. The summed E-state index contributed by atoms with van der Waals surface area (Å²) in [5.41, 5.74) is 0. The Bertz CT molecular complexity index is 203. The first-order valence-corrected chi connectivity index (χ1v) is 3.28. The van der Waals surface area contributed by atoms with Crippen molar-refractivity contribution in [3.05, 3.63) is 12.4 Å². The Kier molecular flexibility index (Phi) is 1.14. The molecule has 0 spiro atoms. The number of hydrogen-bond acceptors (Lipinski definition) is 3. The van der Waals surface area contributed by atoms with E-state index in [1.807, 2.05) is 4.90 Å². The van der Waals surface area contributed by atoms with Crippen LogP contribution in [0.15, 0.2) is 12.4 Å². The van der Waals surface area contributed by atoms with Gasteiger partial charge in [-0.2, -0.15) is 0 Å². The van der Waals surface area contributed by atoms with Gasteiger partial charge in [-0.25, -0.2) is 4.98 Å². The van der Waals surface area contributed by atoms with Crippen molar-refractivity contribution in [2.75, 3.05) is 18.0 Å². The number of aromatic amines is 1. The van der Waals surface area contributed by atoms with Crippen molar-refractivity contribution in [2.45, 2.75) is 6.10 Å². The van der Waals surface area contributed by atoms with Crippen LogP contribution in [0.4, 0.5) is 5.95 Å². The molecule has 1 aromatic heterocycles. The number of anilines is 1. The molecule has 0 aromatic carbocycles. The highest BCUT2D eigenvalue weighted by molar-refractivity contribution is 5.33. The Morgan fingerprint density at radius 2 is 2.50 bits per heavy atom. The van der Waals surface area contributed by atoms with Crippen molar-refractivity contribution < 1.29 is 5.11 Å². The zero-order chi connectivity index (χ0) is 6.97. The van der Waals surface area contributed by atoms with Gasteiger partial charge in [-0.05, 0) is 0 Å². The van der Waals surface area contributed by atoms with E-state index in [-0.39, 0.29) is 6.10 Å². The van der Waals surface area contributed by atoms with Gasteiger partial charge in [0.15, 0.2) is 0 Å². The Morgan fingerprint density at radius 1 is 1.70 bits per heavy atom. The summed E-state index contributed by atoms with van der Waals surface area (Å²) in [5.74, 6) is 0.852. The zero-order valence-corrected chi connectivity index (χ0v) is 5.49. The van der Waals surface area contributed by atoms with Gasteiger partial charge >= 0.3 is 0 Å². The second-order valence-electron chi connectivity index (χ2n) is 2.47. The van der Waals surface area contributed by atoms with Crippen molar-refractivity contribution in [3.8, 4) is 0 Å². The molecule has 10 heavy (non-hydrogen) atoms. The Hall–Kier alpha value is -1.03. The Balaban J connectivity index is 2.04. The van der Waals surface area contributed by atoms with Crippen molar-refractivity contribution in [1.82, 2.24) is 9.97 Å². The molecule has 2 heterocycles. The van der Waals surface area contributed by atoms with E-state index in [0.717, 1.165) is 5.95 Å². The van der Waals surface area contributed by atoms with E-state index in [0.29, 0.717) is 13.1 Å². The smallest absolute Gasteiger partial charge is 0.202 e. The minimum Gasteiger partial charge on any atom is -0.389 e. The molecule has 4 heteroatoms. The van der Waals surface area contributed by atoms with Gasteiger partial charge in [0.2, 0.25) is 5.95 Å². The van der Waals surface area contributed by atoms with E-state index in [1.54, 1.807) is 12.4 Å². The van der Waals surface area contributed by atoms with Crippen LogP contribution in [0, 0.1) is 0 Å². The van der Waals surface area contributed by atoms with Crippen LogP contribution in [0.1, 0.15) is 0 Å². The quantitative estimate of drug-likeness (QED) is 0.556. The van der Waals surface area contributed by atoms with E-state index in [1.165, 1.54) is 0 Å². The van der Waals surface area contributed by atoms with Crippen LogP contribution in [0.25, 0.3) is 0 Å². The lowest BCUT2D eigenvalue weighted by Crippen LogP contribution is -2.51. The summed E-state index contributed by atoms with van der Waals surface area (Å²) < 4.78 is 0. The number of rotatable bonds is 1. The van der Waals surface area contributed by atoms with E-state index >= 15 is 0 Å². The third-order valence-corrected chi connectivity index (χ3v) is 1.65. The first kappa shape index (κ1) is 5.73. The van der Waals surface area contributed by atoms with Crippen molar-refractivity contribution >= 4 is 5.95 Å². The first-order chi connectivity index (χ1) is 4.86. The average molecular weight is 139 g/mol. The molecular weight excluding hydrogens is 130 g/mol. The van der Waals surface area contributed by atoms with Gasteiger partial charge in [-0.1, -0.05) is 0 Å². The monoisotopic (exact) mass is 139 g/mol. The lowest BCUT2D eigenvalue weighted by molar-refractivity contribution is 0.140. The third kappa shape index (κ3) is 0.769. The number of nitrogens with zero attached hydrogens (tertiary/aromatic N) is 2. The van der Waals surface area contributed by atoms with Crippen LogP contribution in [-0.4, -0.2) is 34.3 Å². The predicted octanol–water partition coefficient (Wildman–Crippen LogP) is -0.409. The number of nitrogens with one attached hydrogen (secondary N) is 1. The van der Waals surface area contributed by atoms with E-state index in [4.69, 9.17) is 5.11 Å². The van der Waals surface area contributed by atoms with Crippen molar-refractivity contribution in [1.29, 1.82) is 0 Å². The third-order valence-electron chi connectivity index (χ3n) is 1.65. The molecule has 0 saturated carbocycles. The summed E-state index contributed by atoms with van der Waals surface area (Å²) in [4.78, 5) is 8.99. The Morgan fingerprint density at radius 3 is 3.00 bits per heavy atom. The molecule has 0 radical (unpaired) electrons. The molecular formula is C6H9N3O. The molecule has 1 fully saturated rings. The lowest BCUT2D eigenvalue weighted by atomic mass is 10.2. The molecule has 0 bridgehead atoms. The van der Waals surface area contributed by atoms with E-state index < -0.39 is 0 Å². The molecule has 0 aliphatic carbocycles. The number of aliphatic hydroxyl groups excluding tert-OH is 1.